The summed E-state index contributed by atoms with van der Waals surface area (Å²) in [7, 11) is 0. The molecule has 0 aromatic carbocycles. The zero-order chi connectivity index (χ0) is 21.4. The van der Waals surface area contributed by atoms with Gasteiger partial charge < -0.3 is 24.6 Å². The van der Waals surface area contributed by atoms with Crippen molar-refractivity contribution in [3.05, 3.63) is 11.6 Å². The molecule has 1 unspecified atom stereocenters. The van der Waals surface area contributed by atoms with Gasteiger partial charge in [0, 0.05) is 12.6 Å². The summed E-state index contributed by atoms with van der Waals surface area (Å²) in [5.74, 6) is 0.538. The Morgan fingerprint density at radius 1 is 1.23 bits per heavy atom. The van der Waals surface area contributed by atoms with Crippen molar-refractivity contribution in [3.8, 4) is 0 Å². The monoisotopic (exact) mass is 455 g/mol. The van der Waals surface area contributed by atoms with Gasteiger partial charge in [0.1, 0.15) is 12.2 Å². The Labute approximate surface area is 184 Å². The highest BCUT2D eigenvalue weighted by atomic mass is 35.5. The number of nitrogens with zero attached hydrogens (tertiary/aromatic N) is 4. The predicted molar refractivity (Wildman–Crippen MR) is 111 cm³/mol. The van der Waals surface area contributed by atoms with E-state index in [4.69, 9.17) is 25.8 Å². The van der Waals surface area contributed by atoms with E-state index in [0.717, 1.165) is 25.7 Å². The number of alkyl halides is 1. The molecular formula is C20H27ClFN5O4. The van der Waals surface area contributed by atoms with Crippen LogP contribution >= 0.6 is 11.6 Å². The molecule has 31 heavy (non-hydrogen) atoms. The molecule has 0 amide bonds. The normalized spacial score (nSPS) is 32.2. The number of hydrogen-bond donors (Lipinski definition) is 2. The molecule has 0 bridgehead atoms. The Bertz CT molecular complexity index is 905. The van der Waals surface area contributed by atoms with Gasteiger partial charge in [0.25, 0.3) is 0 Å². The van der Waals surface area contributed by atoms with Crippen molar-refractivity contribution in [1.82, 2.24) is 19.5 Å². The van der Waals surface area contributed by atoms with E-state index in [1.165, 1.54) is 23.7 Å². The lowest BCUT2D eigenvalue weighted by atomic mass is 10.1. The predicted octanol–water partition coefficient (Wildman–Crippen LogP) is 2.97. The lowest BCUT2D eigenvalue weighted by Gasteiger charge is -2.28. The molecule has 2 N–H and O–H groups in total. The van der Waals surface area contributed by atoms with Gasteiger partial charge in [-0.3, -0.25) is 4.57 Å². The molecule has 0 spiro atoms. The van der Waals surface area contributed by atoms with Crippen molar-refractivity contribution in [2.24, 2.45) is 0 Å². The van der Waals surface area contributed by atoms with E-state index >= 15 is 4.39 Å². The lowest BCUT2D eigenvalue weighted by Crippen LogP contribution is -2.39. The summed E-state index contributed by atoms with van der Waals surface area (Å²) in [5, 5.41) is 13.2. The quantitative estimate of drug-likeness (QED) is 0.641. The van der Waals surface area contributed by atoms with Crippen LogP contribution in [0.25, 0.3) is 11.2 Å². The number of imidazole rings is 1. The SMILES string of the molecule is OC[C@H]1O[C@@H](n2cnc3c(NC4CCCC4)nc(Cl)nc32)[C@@H](F)[C@@H]1OC1CCCCO1. The van der Waals surface area contributed by atoms with E-state index in [1.807, 2.05) is 0 Å². The molecule has 2 aromatic heterocycles. The number of halogens is 2. The molecule has 11 heteroatoms. The van der Waals surface area contributed by atoms with Crippen LogP contribution in [0.2, 0.25) is 5.28 Å². The topological polar surface area (TPSA) is 104 Å². The third kappa shape index (κ3) is 4.23. The fourth-order valence-electron chi connectivity index (χ4n) is 4.66. The molecule has 3 aliphatic rings. The molecule has 5 rings (SSSR count). The summed E-state index contributed by atoms with van der Waals surface area (Å²) in [4.78, 5) is 13.0. The molecular weight excluding hydrogens is 429 g/mol. The van der Waals surface area contributed by atoms with Crippen LogP contribution < -0.4 is 5.32 Å². The van der Waals surface area contributed by atoms with Gasteiger partial charge in [-0.05, 0) is 43.7 Å². The van der Waals surface area contributed by atoms with Crippen molar-refractivity contribution >= 4 is 28.6 Å². The van der Waals surface area contributed by atoms with E-state index < -0.39 is 30.9 Å². The summed E-state index contributed by atoms with van der Waals surface area (Å²) in [6, 6.07) is 0.308. The molecule has 170 valence electrons. The van der Waals surface area contributed by atoms with Crippen LogP contribution in [0, 0.1) is 0 Å². The van der Waals surface area contributed by atoms with E-state index in [1.54, 1.807) is 0 Å². The van der Waals surface area contributed by atoms with Crippen molar-refractivity contribution < 1.29 is 23.7 Å². The highest BCUT2D eigenvalue weighted by Gasteiger charge is 2.48. The first kappa shape index (κ1) is 21.3. The van der Waals surface area contributed by atoms with E-state index in [2.05, 4.69) is 20.3 Å². The highest BCUT2D eigenvalue weighted by Crippen LogP contribution is 2.37. The molecule has 4 heterocycles. The maximum atomic E-state index is 15.5. The first-order chi connectivity index (χ1) is 15.1. The Kier molecular flexibility index (Phi) is 6.25. The number of fused-ring (bicyclic) bond motifs is 1. The zero-order valence-corrected chi connectivity index (χ0v) is 17.9. The number of ether oxygens (including phenoxy) is 3. The molecule has 3 fully saturated rings. The van der Waals surface area contributed by atoms with Crippen molar-refractivity contribution in [3.63, 3.8) is 0 Å². The van der Waals surface area contributed by atoms with E-state index in [9.17, 15) is 5.11 Å². The smallest absolute Gasteiger partial charge is 0.226 e. The van der Waals surface area contributed by atoms with Gasteiger partial charge in [-0.1, -0.05) is 12.8 Å². The third-order valence-corrected chi connectivity index (χ3v) is 6.43. The average Bonchev–Trinajstić information content (AvgIpc) is 3.49. The van der Waals surface area contributed by atoms with Crippen LogP contribution in [-0.2, 0) is 14.2 Å². The zero-order valence-electron chi connectivity index (χ0n) is 17.1. The minimum atomic E-state index is -1.54. The third-order valence-electron chi connectivity index (χ3n) is 6.26. The summed E-state index contributed by atoms with van der Waals surface area (Å²) < 4.78 is 34.3. The minimum Gasteiger partial charge on any atom is -0.394 e. The minimum absolute atomic E-state index is 0.0465. The summed E-state index contributed by atoms with van der Waals surface area (Å²) in [5.41, 5.74) is 0.882. The van der Waals surface area contributed by atoms with Crippen molar-refractivity contribution in [2.75, 3.05) is 18.5 Å². The maximum absolute atomic E-state index is 15.5. The number of aromatic nitrogens is 4. The van der Waals surface area contributed by atoms with Crippen LogP contribution in [0.5, 0.6) is 0 Å². The number of nitrogens with one attached hydrogen (secondary N) is 1. The average molecular weight is 456 g/mol. The van der Waals surface area contributed by atoms with Crippen molar-refractivity contribution in [2.45, 2.75) is 81.9 Å². The van der Waals surface area contributed by atoms with Gasteiger partial charge in [0.05, 0.1) is 12.9 Å². The van der Waals surface area contributed by atoms with Gasteiger partial charge in [-0.15, -0.1) is 0 Å². The van der Waals surface area contributed by atoms with Crippen LogP contribution in [0.3, 0.4) is 0 Å². The van der Waals surface area contributed by atoms with Crippen molar-refractivity contribution in [1.29, 1.82) is 0 Å². The molecule has 2 aromatic rings. The number of anilines is 1. The highest BCUT2D eigenvalue weighted by molar-refractivity contribution is 6.28. The first-order valence-corrected chi connectivity index (χ1v) is 11.4. The Morgan fingerprint density at radius 3 is 2.77 bits per heavy atom. The van der Waals surface area contributed by atoms with Crippen LogP contribution in [0.15, 0.2) is 6.33 Å². The second-order valence-electron chi connectivity index (χ2n) is 8.38. The molecule has 2 aliphatic heterocycles. The largest absolute Gasteiger partial charge is 0.394 e. The summed E-state index contributed by atoms with van der Waals surface area (Å²) >= 11 is 6.18. The van der Waals surface area contributed by atoms with Gasteiger partial charge in [-0.25, -0.2) is 9.37 Å². The van der Waals surface area contributed by atoms with Crippen LogP contribution in [-0.4, -0.2) is 68.6 Å². The molecule has 2 saturated heterocycles. The number of aliphatic hydroxyl groups is 1. The first-order valence-electron chi connectivity index (χ1n) is 11.0. The second-order valence-corrected chi connectivity index (χ2v) is 8.72. The lowest BCUT2D eigenvalue weighted by molar-refractivity contribution is -0.205. The molecule has 1 aliphatic carbocycles. The second kappa shape index (κ2) is 9.11. The maximum Gasteiger partial charge on any atom is 0.226 e. The van der Waals surface area contributed by atoms with E-state index in [0.29, 0.717) is 36.1 Å². The van der Waals surface area contributed by atoms with Gasteiger partial charge >= 0.3 is 0 Å². The Hall–Kier alpha value is -1.59. The van der Waals surface area contributed by atoms with Crippen LogP contribution in [0.1, 0.15) is 51.2 Å². The molecule has 1 saturated carbocycles. The molecule has 0 radical (unpaired) electrons. The van der Waals surface area contributed by atoms with E-state index in [-0.39, 0.29) is 11.9 Å². The number of aliphatic hydroxyl groups excluding tert-OH is 1. The Balaban J connectivity index is 1.41. The fraction of sp³-hybridized carbons (Fsp3) is 0.750. The Morgan fingerprint density at radius 2 is 2.03 bits per heavy atom. The van der Waals surface area contributed by atoms with Gasteiger partial charge in [-0.2, -0.15) is 9.97 Å². The van der Waals surface area contributed by atoms with Crippen LogP contribution in [0.4, 0.5) is 10.2 Å². The molecule has 9 nitrogen and oxygen atoms in total. The number of rotatable bonds is 6. The van der Waals surface area contributed by atoms with Gasteiger partial charge in [0.2, 0.25) is 5.28 Å². The summed E-state index contributed by atoms with van der Waals surface area (Å²) in [6.45, 7) is 0.214. The fourth-order valence-corrected chi connectivity index (χ4v) is 4.83. The molecule has 5 atom stereocenters. The number of hydrogen-bond acceptors (Lipinski definition) is 8. The van der Waals surface area contributed by atoms with Gasteiger partial charge in [0.15, 0.2) is 35.7 Å². The summed E-state index contributed by atoms with van der Waals surface area (Å²) in [6.07, 6.45) is 3.68. The standard InChI is InChI=1S/C20H27ClFN5O4/c21-20-25-17(24-11-5-1-2-6-11)15-18(26-20)27(10-23-15)19-14(22)16(12(9-28)30-19)31-13-7-3-4-8-29-13/h10-14,16,19,28H,1-9H2,(H,24,25,26)/t12-,13?,14+,16-,19-/m1/s1.